The van der Waals surface area contributed by atoms with Gasteiger partial charge in [0.2, 0.25) is 5.88 Å². The normalized spacial score (nSPS) is 14.3. The summed E-state index contributed by atoms with van der Waals surface area (Å²) in [5.74, 6) is -0.682. The van der Waals surface area contributed by atoms with E-state index in [1.807, 2.05) is 18.2 Å². The molecule has 0 unspecified atom stereocenters. The molecule has 1 saturated heterocycles. The van der Waals surface area contributed by atoms with E-state index in [1.54, 1.807) is 6.07 Å². The Bertz CT molecular complexity index is 774. The Labute approximate surface area is 148 Å². The molecule has 1 aromatic carbocycles. The van der Waals surface area contributed by atoms with Crippen LogP contribution in [-0.2, 0) is 0 Å². The number of ether oxygens (including phenoxy) is 1. The van der Waals surface area contributed by atoms with Crippen molar-refractivity contribution in [3.63, 3.8) is 0 Å². The van der Waals surface area contributed by atoms with E-state index in [0.717, 1.165) is 31.6 Å². The van der Waals surface area contributed by atoms with Gasteiger partial charge in [-0.25, -0.2) is 4.98 Å². The molecule has 1 aliphatic heterocycles. The van der Waals surface area contributed by atoms with Crippen molar-refractivity contribution in [2.75, 3.05) is 29.9 Å². The van der Waals surface area contributed by atoms with Gasteiger partial charge in [0.15, 0.2) is 6.61 Å². The number of benzene rings is 1. The first-order valence-electron chi connectivity index (χ1n) is 8.23. The number of carbonyl (C=O) groups is 1. The summed E-state index contributed by atoms with van der Waals surface area (Å²) in [5.41, 5.74) is 1.77. The van der Waals surface area contributed by atoms with Crippen LogP contribution in [0.4, 0.5) is 24.5 Å². The van der Waals surface area contributed by atoms with Crippen molar-refractivity contribution < 1.29 is 22.7 Å². The molecule has 0 spiro atoms. The third-order valence-electron chi connectivity index (χ3n) is 3.98. The molecule has 0 radical (unpaired) electrons. The third kappa shape index (κ3) is 4.65. The lowest BCUT2D eigenvalue weighted by molar-refractivity contribution is -0.154. The molecular weight excluding hydrogens is 347 g/mol. The number of hydrogen-bond acceptors (Lipinski definition) is 4. The van der Waals surface area contributed by atoms with Crippen molar-refractivity contribution in [3.8, 4) is 5.88 Å². The molecule has 2 aromatic rings. The predicted molar refractivity (Wildman–Crippen MR) is 91.6 cm³/mol. The quantitative estimate of drug-likeness (QED) is 0.874. The minimum atomic E-state index is -4.46. The van der Waals surface area contributed by atoms with Crippen LogP contribution < -0.4 is 15.0 Å². The predicted octanol–water partition coefficient (Wildman–Crippen LogP) is 3.88. The number of aromatic nitrogens is 1. The van der Waals surface area contributed by atoms with Gasteiger partial charge in [0, 0.05) is 30.9 Å². The van der Waals surface area contributed by atoms with Gasteiger partial charge in [0.25, 0.3) is 5.91 Å². The van der Waals surface area contributed by atoms with Crippen LogP contribution in [0.1, 0.15) is 23.2 Å². The number of alkyl halides is 3. The van der Waals surface area contributed by atoms with E-state index < -0.39 is 18.7 Å². The van der Waals surface area contributed by atoms with E-state index >= 15 is 0 Å². The molecule has 3 rings (SSSR count). The minimum absolute atomic E-state index is 0.174. The average molecular weight is 365 g/mol. The van der Waals surface area contributed by atoms with Gasteiger partial charge in [0.1, 0.15) is 0 Å². The summed E-state index contributed by atoms with van der Waals surface area (Å²) in [6, 6.07) is 10.1. The van der Waals surface area contributed by atoms with Gasteiger partial charge in [-0.15, -0.1) is 0 Å². The van der Waals surface area contributed by atoms with Crippen LogP contribution in [0.5, 0.6) is 5.88 Å². The Balaban J connectivity index is 1.73. The van der Waals surface area contributed by atoms with Crippen LogP contribution in [0.25, 0.3) is 0 Å². The van der Waals surface area contributed by atoms with Crippen molar-refractivity contribution in [2.45, 2.75) is 19.0 Å². The first-order chi connectivity index (χ1) is 12.4. The largest absolute Gasteiger partial charge is 0.468 e. The Morgan fingerprint density at radius 2 is 1.92 bits per heavy atom. The summed E-state index contributed by atoms with van der Waals surface area (Å²) in [4.78, 5) is 18.4. The number of amides is 1. The number of nitrogens with zero attached hydrogens (tertiary/aromatic N) is 2. The minimum Gasteiger partial charge on any atom is -0.468 e. The van der Waals surface area contributed by atoms with Gasteiger partial charge in [0.05, 0.1) is 11.4 Å². The second-order valence-corrected chi connectivity index (χ2v) is 5.95. The maximum absolute atomic E-state index is 12.5. The van der Waals surface area contributed by atoms with Gasteiger partial charge in [-0.3, -0.25) is 4.79 Å². The number of nitrogens with one attached hydrogen (secondary N) is 1. The fraction of sp³-hybridized carbons (Fsp3) is 0.333. The Hall–Kier alpha value is -2.77. The van der Waals surface area contributed by atoms with Crippen LogP contribution in [-0.4, -0.2) is 36.8 Å². The van der Waals surface area contributed by atoms with E-state index in [1.165, 1.54) is 18.3 Å². The van der Waals surface area contributed by atoms with E-state index in [9.17, 15) is 18.0 Å². The van der Waals surface area contributed by atoms with Crippen molar-refractivity contribution in [1.29, 1.82) is 0 Å². The monoisotopic (exact) mass is 365 g/mol. The zero-order valence-corrected chi connectivity index (χ0v) is 13.9. The average Bonchev–Trinajstić information content (AvgIpc) is 3.14. The van der Waals surface area contributed by atoms with Crippen molar-refractivity contribution >= 4 is 17.3 Å². The standard InChI is InChI=1S/C18H18F3N3O2/c19-18(20,21)12-26-16-11-13(7-8-22-16)17(25)23-14-5-1-2-6-15(14)24-9-3-4-10-24/h1-2,5-8,11H,3-4,9-10,12H2,(H,23,25). The molecular formula is C18H18F3N3O2. The smallest absolute Gasteiger partial charge is 0.422 e. The molecule has 0 atom stereocenters. The second-order valence-electron chi connectivity index (χ2n) is 5.95. The molecule has 1 fully saturated rings. The number of anilines is 2. The molecule has 1 aliphatic rings. The Kier molecular flexibility index (Phi) is 5.29. The first kappa shape index (κ1) is 18.0. The van der Waals surface area contributed by atoms with E-state index in [4.69, 9.17) is 0 Å². The topological polar surface area (TPSA) is 54.5 Å². The fourth-order valence-corrected chi connectivity index (χ4v) is 2.79. The lowest BCUT2D eigenvalue weighted by Gasteiger charge is -2.21. The molecule has 1 aromatic heterocycles. The maximum atomic E-state index is 12.5. The highest BCUT2D eigenvalue weighted by atomic mass is 19.4. The zero-order chi connectivity index (χ0) is 18.6. The summed E-state index contributed by atoms with van der Waals surface area (Å²) in [5, 5.41) is 2.82. The Morgan fingerprint density at radius 1 is 1.19 bits per heavy atom. The number of halogens is 3. The zero-order valence-electron chi connectivity index (χ0n) is 13.9. The van der Waals surface area contributed by atoms with Crippen LogP contribution in [0.3, 0.4) is 0 Å². The van der Waals surface area contributed by atoms with Gasteiger partial charge in [-0.1, -0.05) is 12.1 Å². The number of carbonyl (C=O) groups excluding carboxylic acids is 1. The lowest BCUT2D eigenvalue weighted by Crippen LogP contribution is -2.21. The molecule has 26 heavy (non-hydrogen) atoms. The molecule has 0 aliphatic carbocycles. The van der Waals surface area contributed by atoms with Gasteiger partial charge in [-0.2, -0.15) is 13.2 Å². The van der Waals surface area contributed by atoms with Gasteiger partial charge in [-0.05, 0) is 31.0 Å². The summed E-state index contributed by atoms with van der Waals surface area (Å²) < 4.78 is 41.3. The highest BCUT2D eigenvalue weighted by Gasteiger charge is 2.28. The highest BCUT2D eigenvalue weighted by molar-refractivity contribution is 6.06. The summed E-state index contributed by atoms with van der Waals surface area (Å²) in [7, 11) is 0. The van der Waals surface area contributed by atoms with Crippen LogP contribution in [0.15, 0.2) is 42.6 Å². The molecule has 8 heteroatoms. The third-order valence-corrected chi connectivity index (χ3v) is 3.98. The second kappa shape index (κ2) is 7.63. The molecule has 1 N–H and O–H groups in total. The van der Waals surface area contributed by atoms with Crippen molar-refractivity contribution in [2.24, 2.45) is 0 Å². The number of hydrogen-bond donors (Lipinski definition) is 1. The molecule has 5 nitrogen and oxygen atoms in total. The molecule has 0 bridgehead atoms. The Morgan fingerprint density at radius 3 is 2.65 bits per heavy atom. The van der Waals surface area contributed by atoms with E-state index in [-0.39, 0.29) is 11.4 Å². The maximum Gasteiger partial charge on any atom is 0.422 e. The SMILES string of the molecule is O=C(Nc1ccccc1N1CCCC1)c1ccnc(OCC(F)(F)F)c1. The van der Waals surface area contributed by atoms with Gasteiger partial charge >= 0.3 is 6.18 Å². The molecule has 2 heterocycles. The highest BCUT2D eigenvalue weighted by Crippen LogP contribution is 2.29. The van der Waals surface area contributed by atoms with Crippen molar-refractivity contribution in [1.82, 2.24) is 4.98 Å². The van der Waals surface area contributed by atoms with Crippen LogP contribution in [0.2, 0.25) is 0 Å². The van der Waals surface area contributed by atoms with Crippen LogP contribution >= 0.6 is 0 Å². The fourth-order valence-electron chi connectivity index (χ4n) is 2.79. The summed E-state index contributed by atoms with van der Waals surface area (Å²) in [6.45, 7) is 0.401. The summed E-state index contributed by atoms with van der Waals surface area (Å²) in [6.07, 6.45) is -1.01. The molecule has 0 saturated carbocycles. The first-order valence-corrected chi connectivity index (χ1v) is 8.23. The lowest BCUT2D eigenvalue weighted by atomic mass is 10.2. The van der Waals surface area contributed by atoms with Gasteiger partial charge < -0.3 is 15.0 Å². The van der Waals surface area contributed by atoms with E-state index in [0.29, 0.717) is 5.69 Å². The summed E-state index contributed by atoms with van der Waals surface area (Å²) >= 11 is 0. The van der Waals surface area contributed by atoms with Crippen LogP contribution in [0, 0.1) is 0 Å². The molecule has 1 amide bonds. The van der Waals surface area contributed by atoms with E-state index in [2.05, 4.69) is 19.9 Å². The number of para-hydroxylation sites is 2. The van der Waals surface area contributed by atoms with Crippen molar-refractivity contribution in [3.05, 3.63) is 48.2 Å². The number of rotatable bonds is 5. The molecule has 138 valence electrons. The number of pyridine rings is 1.